The van der Waals surface area contributed by atoms with Crippen molar-refractivity contribution in [1.29, 1.82) is 0 Å². The Labute approximate surface area is 153 Å². The Hall–Kier alpha value is -2.53. The van der Waals surface area contributed by atoms with Crippen molar-refractivity contribution >= 4 is 22.4 Å². The molecule has 1 unspecified atom stereocenters. The maximum atomic E-state index is 4.54. The number of rotatable bonds is 4. The molecule has 0 saturated heterocycles. The summed E-state index contributed by atoms with van der Waals surface area (Å²) in [7, 11) is 0. The van der Waals surface area contributed by atoms with Gasteiger partial charge < -0.3 is 5.32 Å². The molecule has 1 fully saturated rings. The highest BCUT2D eigenvalue weighted by Gasteiger charge is 2.33. The van der Waals surface area contributed by atoms with Crippen molar-refractivity contribution in [3.8, 4) is 0 Å². The third-order valence-corrected chi connectivity index (χ3v) is 6.01. The maximum Gasteiger partial charge on any atom is 0.138 e. The minimum Gasteiger partial charge on any atom is -0.339 e. The maximum absolute atomic E-state index is 4.54. The SMILES string of the molecule is CC(C1CCC1)N1Cc2ncnc(Nc3cnc4ccccc4c3)c2C1. The fraction of sp³-hybridized carbons (Fsp3) is 0.381. The van der Waals surface area contributed by atoms with Gasteiger partial charge in [0.05, 0.1) is 23.1 Å². The zero-order valence-electron chi connectivity index (χ0n) is 15.0. The first-order chi connectivity index (χ1) is 12.8. The van der Waals surface area contributed by atoms with Crippen LogP contribution in [0, 0.1) is 5.92 Å². The number of aromatic nitrogens is 3. The highest BCUT2D eigenvalue weighted by Crippen LogP contribution is 2.36. The zero-order valence-corrected chi connectivity index (χ0v) is 15.0. The van der Waals surface area contributed by atoms with E-state index in [0.717, 1.165) is 47.1 Å². The summed E-state index contributed by atoms with van der Waals surface area (Å²) in [6.45, 7) is 4.22. The molecule has 1 saturated carbocycles. The standard InChI is InChI=1S/C21H23N5/c1-14(15-6-4-7-15)26-11-18-20(12-26)23-13-24-21(18)25-17-9-16-5-2-3-8-19(16)22-10-17/h2-3,5,8-10,13-15H,4,6-7,11-12H2,1H3,(H,23,24,25). The van der Waals surface area contributed by atoms with Crippen LogP contribution in [0.15, 0.2) is 42.9 Å². The second-order valence-corrected chi connectivity index (χ2v) is 7.53. The largest absolute Gasteiger partial charge is 0.339 e. The van der Waals surface area contributed by atoms with E-state index in [1.807, 2.05) is 24.4 Å². The van der Waals surface area contributed by atoms with Gasteiger partial charge in [-0.15, -0.1) is 0 Å². The van der Waals surface area contributed by atoms with Gasteiger partial charge in [0.25, 0.3) is 0 Å². The van der Waals surface area contributed by atoms with Crippen molar-refractivity contribution < 1.29 is 0 Å². The summed E-state index contributed by atoms with van der Waals surface area (Å²) in [6, 6.07) is 10.9. The Morgan fingerprint density at radius 3 is 2.85 bits per heavy atom. The molecule has 1 aliphatic heterocycles. The fourth-order valence-electron chi connectivity index (χ4n) is 4.09. The summed E-state index contributed by atoms with van der Waals surface area (Å²) in [5.41, 5.74) is 4.36. The molecule has 0 bridgehead atoms. The first-order valence-electron chi connectivity index (χ1n) is 9.46. The van der Waals surface area contributed by atoms with Gasteiger partial charge in [0, 0.05) is 30.1 Å². The van der Waals surface area contributed by atoms with Crippen LogP contribution >= 0.6 is 0 Å². The normalized spacial score (nSPS) is 18.5. The fourth-order valence-corrected chi connectivity index (χ4v) is 4.09. The van der Waals surface area contributed by atoms with Crippen LogP contribution < -0.4 is 5.32 Å². The van der Waals surface area contributed by atoms with Gasteiger partial charge in [-0.05, 0) is 37.8 Å². The van der Waals surface area contributed by atoms with Crippen LogP contribution in [-0.2, 0) is 13.1 Å². The van der Waals surface area contributed by atoms with Crippen LogP contribution in [0.4, 0.5) is 11.5 Å². The number of pyridine rings is 1. The summed E-state index contributed by atoms with van der Waals surface area (Å²) in [4.78, 5) is 16.1. The molecule has 1 atom stereocenters. The number of para-hydroxylation sites is 1. The predicted molar refractivity (Wildman–Crippen MR) is 103 cm³/mol. The Bertz CT molecular complexity index is 950. The molecule has 5 rings (SSSR count). The molecule has 26 heavy (non-hydrogen) atoms. The van der Waals surface area contributed by atoms with Crippen molar-refractivity contribution in [2.24, 2.45) is 5.92 Å². The van der Waals surface area contributed by atoms with Gasteiger partial charge >= 0.3 is 0 Å². The van der Waals surface area contributed by atoms with E-state index in [4.69, 9.17) is 0 Å². The summed E-state index contributed by atoms with van der Waals surface area (Å²) in [5, 5.41) is 4.60. The first kappa shape index (κ1) is 15.7. The average molecular weight is 345 g/mol. The zero-order chi connectivity index (χ0) is 17.5. The molecule has 0 radical (unpaired) electrons. The first-order valence-corrected chi connectivity index (χ1v) is 9.46. The molecule has 0 spiro atoms. The van der Waals surface area contributed by atoms with Gasteiger partial charge in [-0.2, -0.15) is 0 Å². The monoisotopic (exact) mass is 345 g/mol. The quantitative estimate of drug-likeness (QED) is 0.765. The molecule has 3 aromatic rings. The lowest BCUT2D eigenvalue weighted by Crippen LogP contribution is -2.37. The van der Waals surface area contributed by atoms with Crippen molar-refractivity contribution in [2.75, 3.05) is 5.32 Å². The van der Waals surface area contributed by atoms with E-state index in [2.05, 4.69) is 44.2 Å². The van der Waals surface area contributed by atoms with E-state index in [-0.39, 0.29) is 0 Å². The van der Waals surface area contributed by atoms with Gasteiger partial charge in [0.2, 0.25) is 0 Å². The topological polar surface area (TPSA) is 53.9 Å². The summed E-state index contributed by atoms with van der Waals surface area (Å²) < 4.78 is 0. The number of benzene rings is 1. The molecule has 1 aromatic carbocycles. The molecule has 1 aliphatic carbocycles. The average Bonchev–Trinajstić information content (AvgIpc) is 3.06. The van der Waals surface area contributed by atoms with Gasteiger partial charge in [-0.3, -0.25) is 9.88 Å². The Morgan fingerprint density at radius 2 is 2.00 bits per heavy atom. The smallest absolute Gasteiger partial charge is 0.138 e. The summed E-state index contributed by atoms with van der Waals surface area (Å²) >= 11 is 0. The van der Waals surface area contributed by atoms with Crippen LogP contribution in [0.3, 0.4) is 0 Å². The molecule has 1 N–H and O–H groups in total. The number of anilines is 2. The van der Waals surface area contributed by atoms with E-state index in [1.54, 1.807) is 6.33 Å². The third-order valence-electron chi connectivity index (χ3n) is 6.01. The Morgan fingerprint density at radius 1 is 1.12 bits per heavy atom. The lowest BCUT2D eigenvalue weighted by Gasteiger charge is -2.37. The second-order valence-electron chi connectivity index (χ2n) is 7.53. The molecule has 2 aliphatic rings. The second kappa shape index (κ2) is 6.32. The molecule has 132 valence electrons. The number of nitrogens with one attached hydrogen (secondary N) is 1. The van der Waals surface area contributed by atoms with Crippen molar-refractivity contribution in [1.82, 2.24) is 19.9 Å². The molecular weight excluding hydrogens is 322 g/mol. The lowest BCUT2D eigenvalue weighted by atomic mass is 9.80. The van der Waals surface area contributed by atoms with E-state index in [1.165, 1.54) is 24.8 Å². The molecular formula is C21H23N5. The van der Waals surface area contributed by atoms with Crippen LogP contribution in [0.2, 0.25) is 0 Å². The van der Waals surface area contributed by atoms with E-state index in [0.29, 0.717) is 6.04 Å². The molecule has 0 amide bonds. The van der Waals surface area contributed by atoms with Crippen LogP contribution in [-0.4, -0.2) is 25.9 Å². The third kappa shape index (κ3) is 2.72. The molecule has 5 nitrogen and oxygen atoms in total. The number of hydrogen-bond acceptors (Lipinski definition) is 5. The molecule has 5 heteroatoms. The van der Waals surface area contributed by atoms with Crippen LogP contribution in [0.5, 0.6) is 0 Å². The summed E-state index contributed by atoms with van der Waals surface area (Å²) in [5.74, 6) is 1.76. The Kier molecular flexibility index (Phi) is 3.82. The van der Waals surface area contributed by atoms with Gasteiger partial charge in [-0.1, -0.05) is 24.6 Å². The molecule has 3 heterocycles. The minimum absolute atomic E-state index is 0.619. The minimum atomic E-state index is 0.619. The van der Waals surface area contributed by atoms with Crippen molar-refractivity contribution in [2.45, 2.75) is 45.3 Å². The highest BCUT2D eigenvalue weighted by molar-refractivity contribution is 5.82. The molecule has 2 aromatic heterocycles. The van der Waals surface area contributed by atoms with Crippen LogP contribution in [0.25, 0.3) is 10.9 Å². The number of hydrogen-bond donors (Lipinski definition) is 1. The van der Waals surface area contributed by atoms with Gasteiger partial charge in [-0.25, -0.2) is 9.97 Å². The van der Waals surface area contributed by atoms with E-state index >= 15 is 0 Å². The summed E-state index contributed by atoms with van der Waals surface area (Å²) in [6.07, 6.45) is 7.67. The predicted octanol–water partition coefficient (Wildman–Crippen LogP) is 4.27. The lowest BCUT2D eigenvalue weighted by molar-refractivity contribution is 0.106. The van der Waals surface area contributed by atoms with E-state index < -0.39 is 0 Å². The van der Waals surface area contributed by atoms with Crippen molar-refractivity contribution in [3.05, 3.63) is 54.1 Å². The number of fused-ring (bicyclic) bond motifs is 2. The Balaban J connectivity index is 1.40. The van der Waals surface area contributed by atoms with Gasteiger partial charge in [0.1, 0.15) is 12.1 Å². The van der Waals surface area contributed by atoms with Gasteiger partial charge in [0.15, 0.2) is 0 Å². The highest BCUT2D eigenvalue weighted by atomic mass is 15.2. The van der Waals surface area contributed by atoms with Crippen LogP contribution in [0.1, 0.15) is 37.4 Å². The van der Waals surface area contributed by atoms with Crippen molar-refractivity contribution in [3.63, 3.8) is 0 Å². The number of nitrogens with zero attached hydrogens (tertiary/aromatic N) is 4. The van der Waals surface area contributed by atoms with E-state index in [9.17, 15) is 0 Å².